The van der Waals surface area contributed by atoms with Crippen molar-refractivity contribution < 1.29 is 27.3 Å². The van der Waals surface area contributed by atoms with Crippen LogP contribution in [0.5, 0.6) is 0 Å². The Kier molecular flexibility index (Phi) is 7.70. The van der Waals surface area contributed by atoms with E-state index in [0.29, 0.717) is 32.1 Å². The van der Waals surface area contributed by atoms with Crippen LogP contribution in [0, 0.1) is 0 Å². The van der Waals surface area contributed by atoms with Crippen LogP contribution in [0.25, 0.3) is 11.4 Å². The Morgan fingerprint density at radius 2 is 1.83 bits per heavy atom. The molecule has 1 atom stereocenters. The van der Waals surface area contributed by atoms with E-state index in [-0.39, 0.29) is 42.3 Å². The number of nitrogens with zero attached hydrogens (tertiary/aromatic N) is 5. The van der Waals surface area contributed by atoms with Crippen LogP contribution in [0.2, 0.25) is 0 Å². The number of carbonyl (C=O) groups is 2. The molecule has 2 aliphatic rings. The summed E-state index contributed by atoms with van der Waals surface area (Å²) in [4.78, 5) is 34.5. The van der Waals surface area contributed by atoms with Crippen molar-refractivity contribution in [3.8, 4) is 11.4 Å². The molecule has 1 unspecified atom stereocenters. The van der Waals surface area contributed by atoms with Crippen LogP contribution in [-0.2, 0) is 15.8 Å². The monoisotopic (exact) mass is 494 g/mol. The zero-order valence-corrected chi connectivity index (χ0v) is 19.6. The van der Waals surface area contributed by atoms with Gasteiger partial charge in [-0.05, 0) is 31.9 Å². The minimum absolute atomic E-state index is 0.0290. The zero-order chi connectivity index (χ0) is 25.0. The first-order valence-electron chi connectivity index (χ1n) is 11.7. The van der Waals surface area contributed by atoms with E-state index >= 15 is 0 Å². The van der Waals surface area contributed by atoms with Crippen molar-refractivity contribution >= 4 is 11.8 Å². The Bertz CT molecular complexity index is 1030. The number of carbonyl (C=O) groups excluding carboxylic acids is 2. The van der Waals surface area contributed by atoms with Crippen molar-refractivity contribution in [3.63, 3.8) is 0 Å². The Labute approximate surface area is 201 Å². The van der Waals surface area contributed by atoms with Crippen LogP contribution in [-0.4, -0.2) is 89.0 Å². The lowest BCUT2D eigenvalue weighted by Crippen LogP contribution is -2.50. The van der Waals surface area contributed by atoms with Gasteiger partial charge in [0.25, 0.3) is 0 Å². The predicted molar refractivity (Wildman–Crippen MR) is 120 cm³/mol. The molecule has 0 aliphatic carbocycles. The molecule has 9 nitrogen and oxygen atoms in total. The molecule has 2 amide bonds. The highest BCUT2D eigenvalue weighted by Gasteiger charge is 2.31. The van der Waals surface area contributed by atoms with E-state index in [9.17, 15) is 22.8 Å². The molecule has 2 aromatic rings. The van der Waals surface area contributed by atoms with Gasteiger partial charge in [0.2, 0.25) is 23.5 Å². The summed E-state index contributed by atoms with van der Waals surface area (Å²) in [6.45, 7) is 6.27. The molecule has 3 heterocycles. The van der Waals surface area contributed by atoms with Crippen molar-refractivity contribution in [2.24, 2.45) is 0 Å². The van der Waals surface area contributed by atoms with Crippen LogP contribution in [0.1, 0.15) is 37.3 Å². The molecule has 35 heavy (non-hydrogen) atoms. The third-order valence-corrected chi connectivity index (χ3v) is 6.46. The van der Waals surface area contributed by atoms with E-state index in [2.05, 4.69) is 20.4 Å². The molecule has 2 saturated heterocycles. The predicted octanol–water partition coefficient (Wildman–Crippen LogP) is 2.17. The number of hydrogen-bond donors (Lipinski definition) is 1. The van der Waals surface area contributed by atoms with Gasteiger partial charge in [0, 0.05) is 44.8 Å². The molecule has 2 fully saturated rings. The van der Waals surface area contributed by atoms with E-state index in [0.717, 1.165) is 38.1 Å². The zero-order valence-electron chi connectivity index (χ0n) is 19.6. The molecule has 0 bridgehead atoms. The molecule has 0 saturated carbocycles. The van der Waals surface area contributed by atoms with Crippen molar-refractivity contribution in [1.29, 1.82) is 0 Å². The van der Waals surface area contributed by atoms with Gasteiger partial charge in [0.05, 0.1) is 24.7 Å². The summed E-state index contributed by atoms with van der Waals surface area (Å²) in [5.74, 6) is 0.209. The van der Waals surface area contributed by atoms with Crippen molar-refractivity contribution in [2.75, 3.05) is 52.4 Å². The number of alkyl halides is 3. The van der Waals surface area contributed by atoms with Crippen LogP contribution in [0.15, 0.2) is 28.8 Å². The van der Waals surface area contributed by atoms with Gasteiger partial charge in [-0.2, -0.15) is 18.2 Å². The summed E-state index contributed by atoms with van der Waals surface area (Å²) in [6.07, 6.45) is -2.42. The molecule has 4 rings (SSSR count). The molecule has 2 aliphatic heterocycles. The summed E-state index contributed by atoms with van der Waals surface area (Å²) in [6, 6.07) is 4.60. The first kappa shape index (κ1) is 25.1. The van der Waals surface area contributed by atoms with Gasteiger partial charge < -0.3 is 14.7 Å². The molecular weight excluding hydrogens is 465 g/mol. The molecular formula is C23H29F3N6O3. The number of halogens is 3. The van der Waals surface area contributed by atoms with Gasteiger partial charge >= 0.3 is 6.18 Å². The Morgan fingerprint density at radius 3 is 2.51 bits per heavy atom. The minimum Gasteiger partial charge on any atom is -0.346 e. The number of hydrogen-bond acceptors (Lipinski definition) is 7. The Hall–Kier alpha value is -2.99. The number of nitrogens with one attached hydrogen (secondary N) is 1. The molecule has 190 valence electrons. The first-order valence-corrected chi connectivity index (χ1v) is 11.7. The summed E-state index contributed by atoms with van der Waals surface area (Å²) in [5, 5.41) is 6.58. The van der Waals surface area contributed by atoms with E-state index < -0.39 is 11.7 Å². The van der Waals surface area contributed by atoms with Crippen LogP contribution >= 0.6 is 0 Å². The van der Waals surface area contributed by atoms with Gasteiger partial charge in [-0.3, -0.25) is 19.4 Å². The lowest BCUT2D eigenvalue weighted by Gasteiger charge is -2.36. The lowest BCUT2D eigenvalue weighted by molar-refractivity contribution is -0.137. The van der Waals surface area contributed by atoms with Crippen LogP contribution in [0.4, 0.5) is 13.2 Å². The number of amides is 2. The van der Waals surface area contributed by atoms with E-state index in [1.807, 2.05) is 11.8 Å². The first-order chi connectivity index (χ1) is 16.7. The maximum atomic E-state index is 13.0. The second-order valence-electron chi connectivity index (χ2n) is 8.89. The fourth-order valence-electron chi connectivity index (χ4n) is 4.33. The third-order valence-electron chi connectivity index (χ3n) is 6.46. The maximum absolute atomic E-state index is 13.0. The molecule has 1 aromatic heterocycles. The van der Waals surface area contributed by atoms with Gasteiger partial charge in [0.1, 0.15) is 0 Å². The standard InChI is InChI=1S/C23H29F3N6O3/c1-16(22-28-21(29-35-22)17-5-4-6-18(13-17)23(24,25)26)31-11-9-30(10-12-31)15-19(33)27-14-20(34)32-7-2-3-8-32/h4-6,13,16H,2-3,7-12,14-15H2,1H3,(H,27,33). The Balaban J connectivity index is 1.25. The highest BCUT2D eigenvalue weighted by atomic mass is 19.4. The van der Waals surface area contributed by atoms with Gasteiger partial charge in [-0.15, -0.1) is 0 Å². The number of rotatable bonds is 7. The lowest BCUT2D eigenvalue weighted by atomic mass is 10.1. The largest absolute Gasteiger partial charge is 0.416 e. The van der Waals surface area contributed by atoms with E-state index in [1.54, 1.807) is 4.90 Å². The maximum Gasteiger partial charge on any atom is 0.416 e. The smallest absolute Gasteiger partial charge is 0.346 e. The van der Waals surface area contributed by atoms with Crippen LogP contribution < -0.4 is 5.32 Å². The average Bonchev–Trinajstić information content (AvgIpc) is 3.55. The van der Waals surface area contributed by atoms with Crippen LogP contribution in [0.3, 0.4) is 0 Å². The summed E-state index contributed by atoms with van der Waals surface area (Å²) in [5.41, 5.74) is -0.531. The average molecular weight is 495 g/mol. The quantitative estimate of drug-likeness (QED) is 0.631. The number of likely N-dealkylation sites (tertiary alicyclic amines) is 1. The number of aromatic nitrogens is 2. The van der Waals surface area contributed by atoms with Gasteiger partial charge in [-0.25, -0.2) is 0 Å². The molecule has 1 aromatic carbocycles. The number of benzene rings is 1. The summed E-state index contributed by atoms with van der Waals surface area (Å²) in [7, 11) is 0. The third kappa shape index (κ3) is 6.37. The Morgan fingerprint density at radius 1 is 1.11 bits per heavy atom. The van der Waals surface area contributed by atoms with Gasteiger partial charge in [0.15, 0.2) is 0 Å². The highest BCUT2D eigenvalue weighted by molar-refractivity contribution is 5.85. The normalized spacial score (nSPS) is 18.6. The minimum atomic E-state index is -4.45. The molecule has 1 N–H and O–H groups in total. The van der Waals surface area contributed by atoms with E-state index in [1.165, 1.54) is 12.1 Å². The van der Waals surface area contributed by atoms with E-state index in [4.69, 9.17) is 4.52 Å². The second-order valence-corrected chi connectivity index (χ2v) is 8.89. The SMILES string of the molecule is CC(c1nc(-c2cccc(C(F)(F)F)c2)no1)N1CCN(CC(=O)NCC(=O)N2CCCC2)CC1. The second kappa shape index (κ2) is 10.7. The highest BCUT2D eigenvalue weighted by Crippen LogP contribution is 2.32. The fourth-order valence-corrected chi connectivity index (χ4v) is 4.33. The molecule has 0 spiro atoms. The van der Waals surface area contributed by atoms with Crippen molar-refractivity contribution in [2.45, 2.75) is 32.0 Å². The van der Waals surface area contributed by atoms with Crippen molar-refractivity contribution in [3.05, 3.63) is 35.7 Å². The van der Waals surface area contributed by atoms with Crippen molar-refractivity contribution in [1.82, 2.24) is 30.2 Å². The van der Waals surface area contributed by atoms with Gasteiger partial charge in [-0.1, -0.05) is 17.3 Å². The fraction of sp³-hybridized carbons (Fsp3) is 0.565. The topological polar surface area (TPSA) is 94.8 Å². The molecule has 0 radical (unpaired) electrons. The molecule has 12 heteroatoms. The summed E-state index contributed by atoms with van der Waals surface area (Å²) < 4.78 is 44.3. The number of piperazine rings is 1. The summed E-state index contributed by atoms with van der Waals surface area (Å²) >= 11 is 0.